The molecule has 1 heterocycles. The summed E-state index contributed by atoms with van der Waals surface area (Å²) in [5.41, 5.74) is 2.99. The fourth-order valence-electron chi connectivity index (χ4n) is 1.55. The Bertz CT molecular complexity index is 565. The summed E-state index contributed by atoms with van der Waals surface area (Å²) in [5.74, 6) is 0.506. The lowest BCUT2D eigenvalue weighted by Gasteiger charge is -1.97. The molecule has 0 bridgehead atoms. The highest BCUT2D eigenvalue weighted by molar-refractivity contribution is 5.63. The first kappa shape index (κ1) is 10.3. The van der Waals surface area contributed by atoms with Crippen LogP contribution < -0.4 is 0 Å². The van der Waals surface area contributed by atoms with Crippen molar-refractivity contribution in [2.75, 3.05) is 0 Å². The number of hydrogen-bond donors (Lipinski definition) is 0. The minimum absolute atomic E-state index is 0.506. The molecule has 0 spiro atoms. The van der Waals surface area contributed by atoms with E-state index in [-0.39, 0.29) is 0 Å². The minimum atomic E-state index is 0.506. The Morgan fingerprint density at radius 2 is 2.19 bits per heavy atom. The van der Waals surface area contributed by atoms with Crippen LogP contribution in [-0.2, 0) is 11.8 Å². The summed E-state index contributed by atoms with van der Waals surface area (Å²) in [6.07, 6.45) is 1.52. The van der Waals surface area contributed by atoms with E-state index in [2.05, 4.69) is 10.1 Å². The number of benzene rings is 1. The van der Waals surface area contributed by atoms with Gasteiger partial charge in [-0.25, -0.2) is 9.48 Å². The van der Waals surface area contributed by atoms with Crippen molar-refractivity contribution in [1.82, 2.24) is 9.78 Å². The van der Waals surface area contributed by atoms with Crippen molar-refractivity contribution in [1.29, 1.82) is 0 Å². The molecule has 16 heavy (non-hydrogen) atoms. The first-order valence-electron chi connectivity index (χ1n) is 4.89. The van der Waals surface area contributed by atoms with Crippen LogP contribution in [0.4, 0.5) is 5.82 Å². The Hall–Kier alpha value is -2.19. The van der Waals surface area contributed by atoms with Crippen molar-refractivity contribution >= 4 is 11.9 Å². The molecule has 0 aliphatic carbocycles. The predicted molar refractivity (Wildman–Crippen MR) is 61.2 cm³/mol. The maximum Gasteiger partial charge on any atom is 0.242 e. The van der Waals surface area contributed by atoms with E-state index in [1.807, 2.05) is 31.2 Å². The summed E-state index contributed by atoms with van der Waals surface area (Å²) in [5, 5.41) is 4.28. The molecule has 0 unspecified atom stereocenters. The third-order valence-corrected chi connectivity index (χ3v) is 2.33. The lowest BCUT2D eigenvalue weighted by atomic mass is 10.1. The molecular formula is C12H11N3O. The van der Waals surface area contributed by atoms with Crippen LogP contribution in [0.5, 0.6) is 0 Å². The average Bonchev–Trinajstić information content (AvgIpc) is 2.61. The number of aryl methyl sites for hydroxylation is 2. The summed E-state index contributed by atoms with van der Waals surface area (Å²) in [4.78, 5) is 13.8. The molecule has 0 radical (unpaired) electrons. The van der Waals surface area contributed by atoms with E-state index in [4.69, 9.17) is 0 Å². The summed E-state index contributed by atoms with van der Waals surface area (Å²) in [7, 11) is 1.75. The first-order chi connectivity index (χ1) is 7.70. The zero-order chi connectivity index (χ0) is 11.5. The van der Waals surface area contributed by atoms with Crippen molar-refractivity contribution in [2.45, 2.75) is 6.92 Å². The Kier molecular flexibility index (Phi) is 2.66. The van der Waals surface area contributed by atoms with E-state index < -0.39 is 0 Å². The largest absolute Gasteiger partial charge is 0.250 e. The van der Waals surface area contributed by atoms with Crippen LogP contribution in [0.2, 0.25) is 0 Å². The maximum absolute atomic E-state index is 10.2. The van der Waals surface area contributed by atoms with E-state index in [0.717, 1.165) is 11.3 Å². The highest BCUT2D eigenvalue weighted by atomic mass is 16.1. The van der Waals surface area contributed by atoms with E-state index >= 15 is 0 Å². The zero-order valence-corrected chi connectivity index (χ0v) is 9.14. The van der Waals surface area contributed by atoms with Crippen LogP contribution in [0.25, 0.3) is 11.3 Å². The number of aromatic nitrogens is 2. The highest BCUT2D eigenvalue weighted by Gasteiger charge is 2.06. The van der Waals surface area contributed by atoms with Gasteiger partial charge in [0, 0.05) is 18.7 Å². The van der Waals surface area contributed by atoms with Gasteiger partial charge in [-0.3, -0.25) is 0 Å². The standard InChI is InChI=1S/C12H11N3O/c1-9-4-3-5-10(6-9)11-7-12(13-8-16)15(2)14-11/h3-7H,1-2H3. The summed E-state index contributed by atoms with van der Waals surface area (Å²) < 4.78 is 1.56. The second-order valence-electron chi connectivity index (χ2n) is 3.58. The molecule has 0 N–H and O–H groups in total. The molecule has 4 heteroatoms. The van der Waals surface area contributed by atoms with E-state index in [1.54, 1.807) is 17.8 Å². The summed E-state index contributed by atoms with van der Waals surface area (Å²) in [6, 6.07) is 9.78. The SMILES string of the molecule is Cc1cccc(-c2cc(N=C=O)n(C)n2)c1. The summed E-state index contributed by atoms with van der Waals surface area (Å²) >= 11 is 0. The van der Waals surface area contributed by atoms with Crippen LogP contribution in [0.3, 0.4) is 0 Å². The van der Waals surface area contributed by atoms with Crippen LogP contribution in [0, 0.1) is 6.92 Å². The minimum Gasteiger partial charge on any atom is -0.250 e. The molecule has 2 aromatic rings. The first-order valence-corrected chi connectivity index (χ1v) is 4.89. The normalized spacial score (nSPS) is 9.88. The van der Waals surface area contributed by atoms with Crippen LogP contribution in [-0.4, -0.2) is 15.9 Å². The van der Waals surface area contributed by atoms with Crippen LogP contribution >= 0.6 is 0 Å². The molecular weight excluding hydrogens is 202 g/mol. The van der Waals surface area contributed by atoms with Gasteiger partial charge in [0.25, 0.3) is 0 Å². The smallest absolute Gasteiger partial charge is 0.242 e. The zero-order valence-electron chi connectivity index (χ0n) is 9.14. The molecule has 2 rings (SSSR count). The molecule has 0 amide bonds. The van der Waals surface area contributed by atoms with Gasteiger partial charge in [-0.1, -0.05) is 23.8 Å². The molecule has 0 aliphatic heterocycles. The maximum atomic E-state index is 10.2. The molecule has 0 aliphatic rings. The lowest BCUT2D eigenvalue weighted by molar-refractivity contribution is 0.564. The van der Waals surface area contributed by atoms with E-state index in [0.29, 0.717) is 5.82 Å². The van der Waals surface area contributed by atoms with Crippen molar-refractivity contribution in [3.05, 3.63) is 35.9 Å². The Labute approximate surface area is 93.2 Å². The van der Waals surface area contributed by atoms with Gasteiger partial charge in [0.05, 0.1) is 5.69 Å². The van der Waals surface area contributed by atoms with Gasteiger partial charge in [0.15, 0.2) is 5.82 Å². The van der Waals surface area contributed by atoms with Gasteiger partial charge in [-0.05, 0) is 13.0 Å². The predicted octanol–water partition coefficient (Wildman–Crippen LogP) is 2.36. The van der Waals surface area contributed by atoms with Crippen LogP contribution in [0.1, 0.15) is 5.56 Å². The van der Waals surface area contributed by atoms with Crippen molar-refractivity contribution in [3.8, 4) is 11.3 Å². The number of hydrogen-bond acceptors (Lipinski definition) is 3. The average molecular weight is 213 g/mol. The third-order valence-electron chi connectivity index (χ3n) is 2.33. The summed E-state index contributed by atoms with van der Waals surface area (Å²) in [6.45, 7) is 2.02. The highest BCUT2D eigenvalue weighted by Crippen LogP contribution is 2.23. The number of nitrogens with zero attached hydrogens (tertiary/aromatic N) is 3. The fraction of sp³-hybridized carbons (Fsp3) is 0.167. The third kappa shape index (κ3) is 1.92. The van der Waals surface area contributed by atoms with Crippen molar-refractivity contribution in [2.24, 2.45) is 12.0 Å². The molecule has 1 aromatic carbocycles. The molecule has 1 aromatic heterocycles. The molecule has 80 valence electrons. The Morgan fingerprint density at radius 1 is 1.38 bits per heavy atom. The van der Waals surface area contributed by atoms with Gasteiger partial charge in [-0.15, -0.1) is 4.99 Å². The topological polar surface area (TPSA) is 47.2 Å². The fourth-order valence-corrected chi connectivity index (χ4v) is 1.55. The quantitative estimate of drug-likeness (QED) is 0.568. The molecule has 0 saturated heterocycles. The number of carbonyl (C=O) groups excluding carboxylic acids is 1. The van der Waals surface area contributed by atoms with E-state index in [1.165, 1.54) is 11.6 Å². The van der Waals surface area contributed by atoms with Gasteiger partial charge in [0.1, 0.15) is 0 Å². The molecule has 0 atom stereocenters. The number of rotatable bonds is 2. The lowest BCUT2D eigenvalue weighted by Crippen LogP contribution is -1.89. The Balaban J connectivity index is 2.49. The molecule has 4 nitrogen and oxygen atoms in total. The molecule has 0 fully saturated rings. The van der Waals surface area contributed by atoms with Crippen molar-refractivity contribution in [3.63, 3.8) is 0 Å². The number of aliphatic imine (C=N–C) groups is 1. The Morgan fingerprint density at radius 3 is 2.88 bits per heavy atom. The molecule has 0 saturated carbocycles. The monoisotopic (exact) mass is 213 g/mol. The van der Waals surface area contributed by atoms with Crippen LogP contribution in [0.15, 0.2) is 35.3 Å². The number of isocyanates is 1. The van der Waals surface area contributed by atoms with Gasteiger partial charge < -0.3 is 0 Å². The second kappa shape index (κ2) is 4.13. The van der Waals surface area contributed by atoms with Gasteiger partial charge in [0.2, 0.25) is 6.08 Å². The van der Waals surface area contributed by atoms with Gasteiger partial charge >= 0.3 is 0 Å². The second-order valence-corrected chi connectivity index (χ2v) is 3.58. The van der Waals surface area contributed by atoms with E-state index in [9.17, 15) is 4.79 Å². The van der Waals surface area contributed by atoms with Crippen molar-refractivity contribution < 1.29 is 4.79 Å². The van der Waals surface area contributed by atoms with Gasteiger partial charge in [-0.2, -0.15) is 5.10 Å².